The Kier molecular flexibility index (Phi) is 2.93. The molecule has 0 bridgehead atoms. The maximum atomic E-state index is 11.6. The smallest absolute Gasteiger partial charge is 0.326 e. The summed E-state index contributed by atoms with van der Waals surface area (Å²) < 4.78 is 0. The number of amides is 1. The summed E-state index contributed by atoms with van der Waals surface area (Å²) in [6.07, 6.45) is 1.20. The Balaban J connectivity index is 2.86. The van der Waals surface area contributed by atoms with Crippen LogP contribution in [0.3, 0.4) is 0 Å². The summed E-state index contributed by atoms with van der Waals surface area (Å²) in [6, 6.07) is -0.948. The molecule has 1 aromatic heterocycles. The Bertz CT molecular complexity index is 433. The van der Waals surface area contributed by atoms with Crippen LogP contribution >= 0.6 is 0 Å². The first kappa shape index (κ1) is 11.0. The van der Waals surface area contributed by atoms with E-state index < -0.39 is 23.6 Å². The lowest BCUT2D eigenvalue weighted by Crippen LogP contribution is -2.40. The lowest BCUT2D eigenvalue weighted by atomic mass is 10.3. The fourth-order valence-electron chi connectivity index (χ4n) is 0.979. The Morgan fingerprint density at radius 2 is 2.13 bits per heavy atom. The van der Waals surface area contributed by atoms with E-state index in [0.717, 1.165) is 4.90 Å². The lowest BCUT2D eigenvalue weighted by Gasteiger charge is -2.20. The average molecular weight is 213 g/mol. The molecule has 0 fully saturated rings. The van der Waals surface area contributed by atoms with Gasteiger partial charge in [-0.05, 0) is 6.92 Å². The van der Waals surface area contributed by atoms with Crippen molar-refractivity contribution in [3.8, 4) is 0 Å². The number of nitrogens with one attached hydrogen (secondary N) is 2. The highest BCUT2D eigenvalue weighted by molar-refractivity contribution is 5.94. The number of H-pyrrole nitrogens is 2. The van der Waals surface area contributed by atoms with Gasteiger partial charge in [-0.3, -0.25) is 4.79 Å². The summed E-state index contributed by atoms with van der Waals surface area (Å²) in [4.78, 5) is 38.5. The molecule has 1 amide bonds. The number of nitrogens with zero attached hydrogens (tertiary/aromatic N) is 1. The van der Waals surface area contributed by atoms with Crippen LogP contribution in [0.5, 0.6) is 0 Å². The van der Waals surface area contributed by atoms with Crippen LogP contribution in [0.1, 0.15) is 17.4 Å². The molecule has 15 heavy (non-hydrogen) atoms. The first-order chi connectivity index (χ1) is 6.93. The molecule has 1 unspecified atom stereocenters. The van der Waals surface area contributed by atoms with E-state index in [4.69, 9.17) is 5.11 Å². The van der Waals surface area contributed by atoms with E-state index in [0.29, 0.717) is 0 Å². The third-order valence-corrected chi connectivity index (χ3v) is 2.08. The van der Waals surface area contributed by atoms with E-state index in [-0.39, 0.29) is 5.69 Å². The molecule has 1 rings (SSSR count). The number of carboxylic acid groups (broad SMARTS) is 1. The van der Waals surface area contributed by atoms with Gasteiger partial charge in [0.25, 0.3) is 5.91 Å². The molecular weight excluding hydrogens is 202 g/mol. The number of carbonyl (C=O) groups excluding carboxylic acids is 1. The third-order valence-electron chi connectivity index (χ3n) is 2.08. The molecule has 3 N–H and O–H groups in total. The van der Waals surface area contributed by atoms with Crippen LogP contribution in [-0.2, 0) is 4.79 Å². The van der Waals surface area contributed by atoms with Crippen LogP contribution in [0.2, 0.25) is 0 Å². The van der Waals surface area contributed by atoms with Crippen molar-refractivity contribution >= 4 is 11.9 Å². The van der Waals surface area contributed by atoms with Gasteiger partial charge in [-0.25, -0.2) is 9.59 Å². The zero-order valence-electron chi connectivity index (χ0n) is 8.27. The largest absolute Gasteiger partial charge is 0.480 e. The van der Waals surface area contributed by atoms with Crippen molar-refractivity contribution in [1.82, 2.24) is 14.9 Å². The number of carbonyl (C=O) groups is 2. The molecule has 0 aromatic carbocycles. The van der Waals surface area contributed by atoms with Gasteiger partial charge in [0.1, 0.15) is 11.7 Å². The van der Waals surface area contributed by atoms with Crippen molar-refractivity contribution in [2.24, 2.45) is 0 Å². The van der Waals surface area contributed by atoms with Crippen molar-refractivity contribution in [3.05, 3.63) is 22.4 Å². The van der Waals surface area contributed by atoms with Crippen molar-refractivity contribution in [2.45, 2.75) is 13.0 Å². The Morgan fingerprint density at radius 3 is 2.53 bits per heavy atom. The summed E-state index contributed by atoms with van der Waals surface area (Å²) in [6.45, 7) is 1.38. The molecule has 0 aliphatic carbocycles. The van der Waals surface area contributed by atoms with Gasteiger partial charge in [0, 0.05) is 13.2 Å². The van der Waals surface area contributed by atoms with Crippen LogP contribution in [0.15, 0.2) is 11.0 Å². The van der Waals surface area contributed by atoms with Gasteiger partial charge in [-0.15, -0.1) is 0 Å². The minimum Gasteiger partial charge on any atom is -0.480 e. The maximum Gasteiger partial charge on any atom is 0.326 e. The zero-order valence-corrected chi connectivity index (χ0v) is 8.27. The number of hydrogen-bond acceptors (Lipinski definition) is 3. The van der Waals surface area contributed by atoms with E-state index in [1.807, 2.05) is 0 Å². The number of rotatable bonds is 3. The molecule has 1 heterocycles. The van der Waals surface area contributed by atoms with Gasteiger partial charge in [-0.1, -0.05) is 0 Å². The Labute approximate surface area is 84.7 Å². The number of hydrogen-bond donors (Lipinski definition) is 3. The van der Waals surface area contributed by atoms with Crippen molar-refractivity contribution in [3.63, 3.8) is 0 Å². The SMILES string of the molecule is CC(C(=O)O)N(C)C(=O)c1c[nH]c(=O)[nH]1. The highest BCUT2D eigenvalue weighted by Crippen LogP contribution is 2.01. The summed E-state index contributed by atoms with van der Waals surface area (Å²) in [7, 11) is 1.35. The molecule has 0 saturated carbocycles. The van der Waals surface area contributed by atoms with Gasteiger partial charge in [0.15, 0.2) is 0 Å². The zero-order chi connectivity index (χ0) is 11.6. The van der Waals surface area contributed by atoms with Crippen LogP contribution < -0.4 is 5.69 Å². The second-order valence-corrected chi connectivity index (χ2v) is 3.09. The molecule has 7 heteroatoms. The van der Waals surface area contributed by atoms with Gasteiger partial charge in [0.05, 0.1) is 0 Å². The average Bonchev–Trinajstić information content (AvgIpc) is 2.61. The van der Waals surface area contributed by atoms with Crippen molar-refractivity contribution in [1.29, 1.82) is 0 Å². The number of aliphatic carboxylic acids is 1. The van der Waals surface area contributed by atoms with E-state index in [9.17, 15) is 14.4 Å². The second kappa shape index (κ2) is 3.99. The molecule has 0 radical (unpaired) electrons. The predicted molar refractivity (Wildman–Crippen MR) is 50.6 cm³/mol. The topological polar surface area (TPSA) is 106 Å². The molecule has 0 aliphatic heterocycles. The number of aromatic nitrogens is 2. The molecule has 0 saturated heterocycles. The fraction of sp³-hybridized carbons (Fsp3) is 0.375. The quantitative estimate of drug-likeness (QED) is 0.614. The third kappa shape index (κ3) is 2.25. The van der Waals surface area contributed by atoms with Gasteiger partial charge in [-0.2, -0.15) is 0 Å². The van der Waals surface area contributed by atoms with Crippen molar-refractivity contribution < 1.29 is 14.7 Å². The van der Waals surface area contributed by atoms with E-state index in [1.54, 1.807) is 0 Å². The minimum absolute atomic E-state index is 0.0376. The predicted octanol–water partition coefficient (Wildman–Crippen LogP) is -0.752. The van der Waals surface area contributed by atoms with E-state index >= 15 is 0 Å². The molecule has 82 valence electrons. The Hall–Kier alpha value is -2.05. The summed E-state index contributed by atoms with van der Waals surface area (Å²) in [5.41, 5.74) is -0.467. The first-order valence-corrected chi connectivity index (χ1v) is 4.21. The van der Waals surface area contributed by atoms with Crippen LogP contribution in [0.25, 0.3) is 0 Å². The normalized spacial score (nSPS) is 12.1. The maximum absolute atomic E-state index is 11.6. The standard InChI is InChI=1S/C8H11N3O4/c1-4(7(13)14)11(2)6(12)5-3-9-8(15)10-5/h3-4H,1-2H3,(H,13,14)(H2,9,10,15). The van der Waals surface area contributed by atoms with E-state index in [1.165, 1.54) is 20.2 Å². The molecule has 0 aliphatic rings. The van der Waals surface area contributed by atoms with Crippen LogP contribution in [-0.4, -0.2) is 44.9 Å². The summed E-state index contributed by atoms with van der Waals surface area (Å²) in [5.74, 6) is -1.66. The van der Waals surface area contributed by atoms with E-state index in [2.05, 4.69) is 9.97 Å². The summed E-state index contributed by atoms with van der Waals surface area (Å²) >= 11 is 0. The molecular formula is C8H11N3O4. The van der Waals surface area contributed by atoms with Gasteiger partial charge >= 0.3 is 11.7 Å². The number of aromatic amines is 2. The molecule has 0 spiro atoms. The number of carboxylic acids is 1. The molecule has 1 atom stereocenters. The minimum atomic E-state index is -1.11. The van der Waals surface area contributed by atoms with Crippen molar-refractivity contribution in [2.75, 3.05) is 7.05 Å². The molecule has 7 nitrogen and oxygen atoms in total. The first-order valence-electron chi connectivity index (χ1n) is 4.21. The number of likely N-dealkylation sites (N-methyl/N-ethyl adjacent to an activating group) is 1. The lowest BCUT2D eigenvalue weighted by molar-refractivity contribution is -0.141. The monoisotopic (exact) mass is 213 g/mol. The molecule has 1 aromatic rings. The van der Waals surface area contributed by atoms with Crippen LogP contribution in [0, 0.1) is 0 Å². The highest BCUT2D eigenvalue weighted by atomic mass is 16.4. The number of imidazole rings is 1. The Morgan fingerprint density at radius 1 is 1.53 bits per heavy atom. The van der Waals surface area contributed by atoms with Gasteiger partial charge in [0.2, 0.25) is 0 Å². The summed E-state index contributed by atoms with van der Waals surface area (Å²) in [5, 5.41) is 8.68. The second-order valence-electron chi connectivity index (χ2n) is 3.09. The fourth-order valence-corrected chi connectivity index (χ4v) is 0.979. The highest BCUT2D eigenvalue weighted by Gasteiger charge is 2.23. The van der Waals surface area contributed by atoms with Gasteiger partial charge < -0.3 is 20.0 Å². The van der Waals surface area contributed by atoms with Crippen LogP contribution in [0.4, 0.5) is 0 Å².